The summed E-state index contributed by atoms with van der Waals surface area (Å²) in [5, 5.41) is 10.2. The van der Waals surface area contributed by atoms with Crippen LogP contribution in [0.3, 0.4) is 0 Å². The van der Waals surface area contributed by atoms with Crippen LogP contribution in [-0.4, -0.2) is 26.6 Å². The van der Waals surface area contributed by atoms with Gasteiger partial charge >= 0.3 is 0 Å². The van der Waals surface area contributed by atoms with Crippen LogP contribution in [0.25, 0.3) is 22.0 Å². The molecule has 0 atom stereocenters. The molecule has 1 aliphatic carbocycles. The highest BCUT2D eigenvalue weighted by atomic mass is 35.5. The van der Waals surface area contributed by atoms with Crippen LogP contribution >= 0.6 is 11.6 Å². The Labute approximate surface area is 244 Å². The van der Waals surface area contributed by atoms with Gasteiger partial charge in [-0.15, -0.1) is 0 Å². The first-order chi connectivity index (χ1) is 20.1. The van der Waals surface area contributed by atoms with Crippen molar-refractivity contribution in [3.8, 4) is 22.6 Å². The largest absolute Gasteiger partial charge is 0.453 e. The fraction of sp³-hybridized carbons (Fsp3) is 0.161. The topological polar surface area (TPSA) is 98.1 Å². The van der Waals surface area contributed by atoms with E-state index in [1.54, 1.807) is 23.1 Å². The monoisotopic (exact) mass is 587 g/mol. The van der Waals surface area contributed by atoms with Crippen molar-refractivity contribution in [2.75, 3.05) is 10.6 Å². The summed E-state index contributed by atoms with van der Waals surface area (Å²) in [6.45, 7) is 1.96. The molecule has 11 heteroatoms. The zero-order chi connectivity index (χ0) is 29.6. The number of nitrogens with one attached hydrogen (secondary N) is 2. The molecule has 0 unspecified atom stereocenters. The van der Waals surface area contributed by atoms with Crippen molar-refractivity contribution in [2.24, 2.45) is 12.5 Å². The lowest BCUT2D eigenvalue weighted by atomic mass is 10.0. The first-order valence-electron chi connectivity index (χ1n) is 13.1. The van der Waals surface area contributed by atoms with Crippen molar-refractivity contribution < 1.29 is 23.1 Å². The van der Waals surface area contributed by atoms with E-state index in [2.05, 4.69) is 20.7 Å². The molecule has 2 amide bonds. The number of fused-ring (bicyclic) bond motifs is 1. The van der Waals surface area contributed by atoms with Crippen LogP contribution in [0.4, 0.5) is 20.2 Å². The van der Waals surface area contributed by atoms with Crippen molar-refractivity contribution in [1.29, 1.82) is 0 Å². The van der Waals surface area contributed by atoms with Crippen molar-refractivity contribution >= 4 is 45.7 Å². The lowest BCUT2D eigenvalue weighted by Crippen LogP contribution is -2.35. The maximum absolute atomic E-state index is 15.3. The zero-order valence-electron chi connectivity index (χ0n) is 22.5. The van der Waals surface area contributed by atoms with Crippen molar-refractivity contribution in [3.63, 3.8) is 0 Å². The lowest BCUT2D eigenvalue weighted by molar-refractivity contribution is -0.131. The molecule has 0 bridgehead atoms. The Bertz CT molecular complexity index is 1870. The van der Waals surface area contributed by atoms with Gasteiger partial charge in [-0.3, -0.25) is 19.3 Å². The molecule has 1 fully saturated rings. The van der Waals surface area contributed by atoms with Gasteiger partial charge in [-0.1, -0.05) is 11.6 Å². The number of halogens is 3. The number of ether oxygens (including phenoxy) is 1. The molecule has 3 aromatic carbocycles. The van der Waals surface area contributed by atoms with E-state index in [-0.39, 0.29) is 16.5 Å². The number of hydrogen-bond acceptors (Lipinski definition) is 5. The molecule has 2 heterocycles. The van der Waals surface area contributed by atoms with E-state index in [1.165, 1.54) is 30.3 Å². The first-order valence-corrected chi connectivity index (χ1v) is 13.4. The van der Waals surface area contributed by atoms with Crippen LogP contribution in [0, 0.1) is 24.0 Å². The zero-order valence-corrected chi connectivity index (χ0v) is 23.3. The molecule has 0 aliphatic heterocycles. The Kier molecular flexibility index (Phi) is 6.86. The number of rotatable bonds is 7. The molecule has 1 aliphatic rings. The highest BCUT2D eigenvalue weighted by molar-refractivity contribution is 6.34. The van der Waals surface area contributed by atoms with Gasteiger partial charge in [0.1, 0.15) is 17.0 Å². The predicted molar refractivity (Wildman–Crippen MR) is 155 cm³/mol. The Morgan fingerprint density at radius 1 is 1.00 bits per heavy atom. The maximum atomic E-state index is 15.3. The second kappa shape index (κ2) is 10.5. The van der Waals surface area contributed by atoms with Crippen LogP contribution < -0.4 is 15.4 Å². The van der Waals surface area contributed by atoms with Crippen LogP contribution in [0.2, 0.25) is 5.02 Å². The number of benzene rings is 3. The van der Waals surface area contributed by atoms with E-state index in [1.807, 2.05) is 32.3 Å². The molecular weight excluding hydrogens is 564 g/mol. The summed E-state index contributed by atoms with van der Waals surface area (Å²) < 4.78 is 36.1. The van der Waals surface area contributed by atoms with Gasteiger partial charge in [0.25, 0.3) is 0 Å². The highest BCUT2D eigenvalue weighted by Gasteiger charge is 2.56. The SMILES string of the molecule is Cc1cc2c(Oc3cc(Cl)c(NC(=O)C4(C(=O)Nc5ccc(F)cc5)CC4)cc3F)ccnc2cc1-c1cnn(C)c1. The number of carbonyl (C=O) groups excluding carboxylic acids is 2. The summed E-state index contributed by atoms with van der Waals surface area (Å²) in [5.74, 6) is -2.12. The number of anilines is 2. The standard InChI is InChI=1S/C31H24ClF2N5O3/c1-17-11-22-25(12-21(17)18-15-36-39(2)16-18)35-10-7-27(22)42-28-13-23(32)26(14-24(28)34)38-30(41)31(8-9-31)29(40)37-20-5-3-19(33)4-6-20/h3-7,10-16H,8-9H2,1-2H3,(H,37,40)(H,38,41). The number of nitrogens with zero attached hydrogens (tertiary/aromatic N) is 3. The van der Waals surface area contributed by atoms with Gasteiger partial charge in [-0.2, -0.15) is 5.10 Å². The third kappa shape index (κ3) is 5.16. The fourth-order valence-electron chi connectivity index (χ4n) is 4.77. The summed E-state index contributed by atoms with van der Waals surface area (Å²) in [6, 6.07) is 13.0. The molecule has 6 rings (SSSR count). The fourth-order valence-corrected chi connectivity index (χ4v) is 4.97. The molecule has 0 saturated heterocycles. The Morgan fingerprint density at radius 3 is 2.43 bits per heavy atom. The van der Waals surface area contributed by atoms with Gasteiger partial charge in [0.15, 0.2) is 11.6 Å². The summed E-state index contributed by atoms with van der Waals surface area (Å²) in [6.07, 6.45) is 5.87. The number of pyridine rings is 1. The van der Waals surface area contributed by atoms with Gasteiger partial charge in [0.05, 0.1) is 22.4 Å². The molecule has 2 N–H and O–H groups in total. The normalized spacial score (nSPS) is 13.5. The van der Waals surface area contributed by atoms with E-state index in [0.29, 0.717) is 35.2 Å². The number of hydrogen-bond donors (Lipinski definition) is 2. The molecular formula is C31H24ClF2N5O3. The molecule has 42 heavy (non-hydrogen) atoms. The minimum absolute atomic E-state index is 0.00363. The van der Waals surface area contributed by atoms with E-state index in [9.17, 15) is 14.0 Å². The molecule has 8 nitrogen and oxygen atoms in total. The highest BCUT2D eigenvalue weighted by Crippen LogP contribution is 2.48. The maximum Gasteiger partial charge on any atom is 0.240 e. The van der Waals surface area contributed by atoms with Crippen LogP contribution in [0.1, 0.15) is 18.4 Å². The number of aromatic nitrogens is 3. The Morgan fingerprint density at radius 2 is 1.74 bits per heavy atom. The Balaban J connectivity index is 1.21. The number of amides is 2. The van der Waals surface area contributed by atoms with Crippen molar-refractivity contribution in [1.82, 2.24) is 14.8 Å². The van der Waals surface area contributed by atoms with E-state index < -0.39 is 28.9 Å². The quantitative estimate of drug-likeness (QED) is 0.199. The second-order valence-electron chi connectivity index (χ2n) is 10.3. The molecule has 2 aromatic heterocycles. The number of aryl methyl sites for hydroxylation is 2. The molecule has 5 aromatic rings. The van der Waals surface area contributed by atoms with Crippen molar-refractivity contribution in [3.05, 3.63) is 95.4 Å². The summed E-state index contributed by atoms with van der Waals surface area (Å²) in [4.78, 5) is 30.4. The lowest BCUT2D eigenvalue weighted by Gasteiger charge is -2.17. The first kappa shape index (κ1) is 27.3. The van der Waals surface area contributed by atoms with Gasteiger partial charge in [-0.25, -0.2) is 8.78 Å². The minimum Gasteiger partial charge on any atom is -0.453 e. The van der Waals surface area contributed by atoms with E-state index in [0.717, 1.165) is 22.8 Å². The van der Waals surface area contributed by atoms with E-state index >= 15 is 4.39 Å². The minimum atomic E-state index is -1.33. The molecule has 1 saturated carbocycles. The van der Waals surface area contributed by atoms with Crippen LogP contribution in [-0.2, 0) is 16.6 Å². The van der Waals surface area contributed by atoms with Gasteiger partial charge in [-0.05, 0) is 73.4 Å². The third-order valence-corrected chi connectivity index (χ3v) is 7.59. The van der Waals surface area contributed by atoms with Gasteiger partial charge < -0.3 is 15.4 Å². The number of carbonyl (C=O) groups is 2. The summed E-state index contributed by atoms with van der Waals surface area (Å²) in [7, 11) is 1.84. The van der Waals surface area contributed by atoms with Crippen molar-refractivity contribution in [2.45, 2.75) is 19.8 Å². The molecule has 0 spiro atoms. The third-order valence-electron chi connectivity index (χ3n) is 7.27. The van der Waals surface area contributed by atoms with Crippen LogP contribution in [0.15, 0.2) is 73.2 Å². The van der Waals surface area contributed by atoms with Gasteiger partial charge in [0.2, 0.25) is 11.8 Å². The van der Waals surface area contributed by atoms with E-state index in [4.69, 9.17) is 16.3 Å². The Hall–Kier alpha value is -4.83. The summed E-state index contributed by atoms with van der Waals surface area (Å²) >= 11 is 6.42. The smallest absolute Gasteiger partial charge is 0.240 e. The van der Waals surface area contributed by atoms with Gasteiger partial charge in [0, 0.05) is 48.2 Å². The van der Waals surface area contributed by atoms with Crippen LogP contribution in [0.5, 0.6) is 11.5 Å². The average molecular weight is 588 g/mol. The second-order valence-corrected chi connectivity index (χ2v) is 10.7. The predicted octanol–water partition coefficient (Wildman–Crippen LogP) is 7.03. The summed E-state index contributed by atoms with van der Waals surface area (Å²) in [5.41, 5.74) is 2.56. The molecule has 0 radical (unpaired) electrons. The molecule has 212 valence electrons. The average Bonchev–Trinajstić information content (AvgIpc) is 3.67.